The molecule has 0 spiro atoms. The molecule has 0 aromatic heterocycles. The standard InChI is InChI=1S/C13H21NO10/c1-5(16)14-9-8(23-6(2)17)3-13(22,12(20)21)24-11(9)10(19)7(18)4-15/h7-11,15,18-19,22H,3-4H2,1-2H3,(H,14,16)(H,20,21)/p-1/t7?,8-,9+,10?,11+,13-/m0/s1. The van der Waals surface area contributed by atoms with Crippen LogP contribution in [0.1, 0.15) is 20.3 Å². The van der Waals surface area contributed by atoms with Gasteiger partial charge in [-0.05, 0) is 0 Å². The monoisotopic (exact) mass is 350 g/mol. The number of amides is 1. The Hall–Kier alpha value is -1.79. The number of carboxylic acids is 1. The van der Waals surface area contributed by atoms with Crippen molar-refractivity contribution >= 4 is 17.8 Å². The van der Waals surface area contributed by atoms with E-state index in [1.54, 1.807) is 0 Å². The van der Waals surface area contributed by atoms with Crippen molar-refractivity contribution in [3.8, 4) is 0 Å². The van der Waals surface area contributed by atoms with Crippen molar-refractivity contribution in [3.63, 3.8) is 0 Å². The second-order valence-electron chi connectivity index (χ2n) is 5.47. The number of esters is 1. The van der Waals surface area contributed by atoms with E-state index < -0.39 is 67.1 Å². The number of ether oxygens (including phenoxy) is 2. The Balaban J connectivity index is 3.25. The minimum Gasteiger partial charge on any atom is -0.544 e. The highest BCUT2D eigenvalue weighted by molar-refractivity contribution is 5.75. The maximum Gasteiger partial charge on any atom is 0.302 e. The summed E-state index contributed by atoms with van der Waals surface area (Å²) in [7, 11) is 0. The number of carbonyl (C=O) groups is 3. The molecule has 0 aromatic rings. The first kappa shape index (κ1) is 20.3. The molecule has 5 N–H and O–H groups in total. The predicted molar refractivity (Wildman–Crippen MR) is 71.7 cm³/mol. The molecule has 1 rings (SSSR count). The van der Waals surface area contributed by atoms with Gasteiger partial charge in [0.2, 0.25) is 11.7 Å². The molecule has 11 nitrogen and oxygen atoms in total. The minimum atomic E-state index is -2.93. The van der Waals surface area contributed by atoms with E-state index in [2.05, 4.69) is 5.32 Å². The number of aliphatic hydroxyl groups is 4. The van der Waals surface area contributed by atoms with Crippen molar-refractivity contribution in [2.75, 3.05) is 6.61 Å². The second-order valence-corrected chi connectivity index (χ2v) is 5.47. The molecule has 1 heterocycles. The van der Waals surface area contributed by atoms with Gasteiger partial charge in [0.1, 0.15) is 30.4 Å². The fraction of sp³-hybridized carbons (Fsp3) is 0.769. The quantitative estimate of drug-likeness (QED) is 0.292. The largest absolute Gasteiger partial charge is 0.544 e. The normalized spacial score (nSPS) is 32.5. The zero-order valence-corrected chi connectivity index (χ0v) is 13.0. The summed E-state index contributed by atoms with van der Waals surface area (Å²) >= 11 is 0. The van der Waals surface area contributed by atoms with E-state index in [1.165, 1.54) is 0 Å². The molecule has 1 aliphatic heterocycles. The molecule has 24 heavy (non-hydrogen) atoms. The number of aliphatic hydroxyl groups excluding tert-OH is 3. The van der Waals surface area contributed by atoms with Crippen LogP contribution >= 0.6 is 0 Å². The molecule has 0 radical (unpaired) electrons. The topological polar surface area (TPSA) is 186 Å². The van der Waals surface area contributed by atoms with Gasteiger partial charge in [0.05, 0.1) is 12.6 Å². The van der Waals surface area contributed by atoms with Crippen molar-refractivity contribution in [1.82, 2.24) is 5.32 Å². The van der Waals surface area contributed by atoms with E-state index in [0.29, 0.717) is 0 Å². The summed E-state index contributed by atoms with van der Waals surface area (Å²) < 4.78 is 9.82. The molecule has 11 heteroatoms. The highest BCUT2D eigenvalue weighted by Crippen LogP contribution is 2.31. The van der Waals surface area contributed by atoms with Crippen molar-refractivity contribution in [2.24, 2.45) is 0 Å². The lowest BCUT2D eigenvalue weighted by molar-refractivity contribution is -0.374. The van der Waals surface area contributed by atoms with E-state index in [4.69, 9.17) is 14.6 Å². The molecular weight excluding hydrogens is 330 g/mol. The third kappa shape index (κ3) is 4.61. The van der Waals surface area contributed by atoms with Crippen LogP contribution in [0.15, 0.2) is 0 Å². The van der Waals surface area contributed by atoms with Gasteiger partial charge >= 0.3 is 5.97 Å². The predicted octanol–water partition coefficient (Wildman–Crippen LogP) is -4.64. The Morgan fingerprint density at radius 2 is 1.96 bits per heavy atom. The van der Waals surface area contributed by atoms with Crippen LogP contribution in [-0.4, -0.2) is 81.1 Å². The highest BCUT2D eigenvalue weighted by atomic mass is 16.7. The number of hydrogen-bond acceptors (Lipinski definition) is 10. The van der Waals surface area contributed by atoms with Gasteiger partial charge in [-0.15, -0.1) is 0 Å². The van der Waals surface area contributed by atoms with Crippen LogP contribution < -0.4 is 10.4 Å². The van der Waals surface area contributed by atoms with Gasteiger partial charge in [0.25, 0.3) is 0 Å². The number of rotatable bonds is 6. The smallest absolute Gasteiger partial charge is 0.302 e. The van der Waals surface area contributed by atoms with Gasteiger partial charge in [-0.25, -0.2) is 0 Å². The van der Waals surface area contributed by atoms with Crippen LogP contribution in [0, 0.1) is 0 Å². The Labute approximate surface area is 136 Å². The molecule has 1 fully saturated rings. The summed E-state index contributed by atoms with van der Waals surface area (Å²) in [6.07, 6.45) is -7.56. The lowest BCUT2D eigenvalue weighted by Crippen LogP contribution is -2.69. The van der Waals surface area contributed by atoms with Gasteiger partial charge in [-0.1, -0.05) is 0 Å². The fourth-order valence-electron chi connectivity index (χ4n) is 2.44. The molecule has 1 amide bonds. The Morgan fingerprint density at radius 1 is 1.38 bits per heavy atom. The molecule has 138 valence electrons. The van der Waals surface area contributed by atoms with E-state index in [9.17, 15) is 34.8 Å². The molecular formula is C13H20NO10-. The Morgan fingerprint density at radius 3 is 2.38 bits per heavy atom. The van der Waals surface area contributed by atoms with Crippen LogP contribution in [0.5, 0.6) is 0 Å². The maximum atomic E-state index is 11.4. The average molecular weight is 350 g/mol. The number of nitrogens with one attached hydrogen (secondary N) is 1. The van der Waals surface area contributed by atoms with Crippen LogP contribution in [0.25, 0.3) is 0 Å². The molecule has 0 saturated carbocycles. The summed E-state index contributed by atoms with van der Waals surface area (Å²) in [6.45, 7) is 1.22. The average Bonchev–Trinajstić information content (AvgIpc) is 2.47. The van der Waals surface area contributed by atoms with Crippen LogP contribution in [0.3, 0.4) is 0 Å². The van der Waals surface area contributed by atoms with Crippen molar-refractivity contribution in [2.45, 2.75) is 56.5 Å². The number of aliphatic carboxylic acids is 1. The SMILES string of the molecule is CC(=O)N[C@@H]1[C@@H](OC(C)=O)C[C@@](O)(C(=O)[O-])O[C@H]1C(O)C(O)CO. The van der Waals surface area contributed by atoms with Gasteiger partial charge in [0.15, 0.2) is 0 Å². The van der Waals surface area contributed by atoms with Crippen molar-refractivity contribution < 1.29 is 49.4 Å². The molecule has 0 aliphatic carbocycles. The van der Waals surface area contributed by atoms with Crippen molar-refractivity contribution in [3.05, 3.63) is 0 Å². The first-order chi connectivity index (χ1) is 11.0. The summed E-state index contributed by atoms with van der Waals surface area (Å²) in [5, 5.41) is 52.0. The second kappa shape index (κ2) is 7.85. The van der Waals surface area contributed by atoms with E-state index in [0.717, 1.165) is 13.8 Å². The van der Waals surface area contributed by atoms with Gasteiger partial charge in [-0.3, -0.25) is 9.59 Å². The first-order valence-corrected chi connectivity index (χ1v) is 7.04. The van der Waals surface area contributed by atoms with Gasteiger partial charge in [0, 0.05) is 20.3 Å². The first-order valence-electron chi connectivity index (χ1n) is 7.04. The number of hydrogen-bond donors (Lipinski definition) is 5. The lowest BCUT2D eigenvalue weighted by atomic mass is 9.88. The molecule has 1 aliphatic rings. The summed E-state index contributed by atoms with van der Waals surface area (Å²) in [6, 6.07) is -1.29. The number of carboxylic acid groups (broad SMARTS) is 1. The van der Waals surface area contributed by atoms with Crippen LogP contribution in [0.2, 0.25) is 0 Å². The van der Waals surface area contributed by atoms with Crippen molar-refractivity contribution in [1.29, 1.82) is 0 Å². The minimum absolute atomic E-state index is 0.629. The fourth-order valence-corrected chi connectivity index (χ4v) is 2.44. The van der Waals surface area contributed by atoms with Gasteiger partial charge in [-0.2, -0.15) is 0 Å². The van der Waals surface area contributed by atoms with E-state index in [1.807, 2.05) is 0 Å². The molecule has 6 atom stereocenters. The molecule has 0 aromatic carbocycles. The zero-order valence-electron chi connectivity index (χ0n) is 13.0. The Kier molecular flexibility index (Phi) is 6.63. The summed E-state index contributed by atoms with van der Waals surface area (Å²) in [4.78, 5) is 33.7. The van der Waals surface area contributed by atoms with E-state index in [-0.39, 0.29) is 0 Å². The van der Waals surface area contributed by atoms with Crippen LogP contribution in [0.4, 0.5) is 0 Å². The third-order valence-corrected chi connectivity index (χ3v) is 3.49. The highest BCUT2D eigenvalue weighted by Gasteiger charge is 2.52. The van der Waals surface area contributed by atoms with Gasteiger partial charge < -0.3 is 45.1 Å². The van der Waals surface area contributed by atoms with E-state index >= 15 is 0 Å². The maximum absolute atomic E-state index is 11.4. The summed E-state index contributed by atoms with van der Waals surface area (Å²) in [5.74, 6) is -6.46. The number of carbonyl (C=O) groups excluding carboxylic acids is 3. The molecule has 0 bridgehead atoms. The van der Waals surface area contributed by atoms with Crippen LogP contribution in [-0.2, 0) is 23.9 Å². The lowest BCUT2D eigenvalue weighted by Gasteiger charge is -2.47. The zero-order chi connectivity index (χ0) is 18.7. The molecule has 1 saturated heterocycles. The third-order valence-electron chi connectivity index (χ3n) is 3.49. The molecule has 2 unspecified atom stereocenters. The summed E-state index contributed by atoms with van der Waals surface area (Å²) in [5.41, 5.74) is 0. The Bertz CT molecular complexity index is 497.